The lowest BCUT2D eigenvalue weighted by Crippen LogP contribution is -2.42. The highest BCUT2D eigenvalue weighted by Crippen LogP contribution is 1.95. The quantitative estimate of drug-likeness (QED) is 0.384. The molecule has 2 radical (unpaired) electrons. The van der Waals surface area contributed by atoms with Gasteiger partial charge in [-0.25, -0.2) is 4.58 Å². The maximum atomic E-state index is 8.93. The van der Waals surface area contributed by atoms with Gasteiger partial charge in [-0.2, -0.15) is 0 Å². The average molecular weight is 230 g/mol. The molecule has 0 aliphatic rings. The van der Waals surface area contributed by atoms with Gasteiger partial charge in [-0.1, -0.05) is 30.3 Å². The average Bonchev–Trinajstić information content (AvgIpc) is 2.19. The zero-order chi connectivity index (χ0) is 10.4. The summed E-state index contributed by atoms with van der Waals surface area (Å²) in [5.74, 6) is 0. The van der Waals surface area contributed by atoms with E-state index in [9.17, 15) is 0 Å². The van der Waals surface area contributed by atoms with Crippen molar-refractivity contribution >= 4 is 24.0 Å². The molecule has 1 aromatic rings. The molecular weight excluding hydrogens is 220 g/mol. The van der Waals surface area contributed by atoms with Crippen LogP contribution >= 0.6 is 0 Å². The summed E-state index contributed by atoms with van der Waals surface area (Å²) in [5, 5.41) is 0.897. The van der Waals surface area contributed by atoms with Crippen LogP contribution in [0, 0.1) is 0 Å². The Kier molecular flexibility index (Phi) is 4.42. The number of benzene rings is 1. The van der Waals surface area contributed by atoms with E-state index in [1.165, 1.54) is 0 Å². The maximum Gasteiger partial charge on any atom is 0.701 e. The summed E-state index contributed by atoms with van der Waals surface area (Å²) in [6.07, 6.45) is 0. The first-order chi connectivity index (χ1) is 6.64. The Morgan fingerprint density at radius 2 is 1.86 bits per heavy atom. The van der Waals surface area contributed by atoms with Crippen molar-refractivity contribution in [3.63, 3.8) is 0 Å². The molecule has 0 amide bonds. The Hall–Kier alpha value is -0.546. The van der Waals surface area contributed by atoms with Crippen molar-refractivity contribution in [2.24, 2.45) is 0 Å². The van der Waals surface area contributed by atoms with Gasteiger partial charge in [-0.15, -0.1) is 0 Å². The molecule has 0 unspecified atom stereocenters. The summed E-state index contributed by atoms with van der Waals surface area (Å²) >= 11 is 0. The zero-order valence-corrected chi connectivity index (χ0v) is 9.51. The monoisotopic (exact) mass is 230 g/mol. The van der Waals surface area contributed by atoms with Crippen molar-refractivity contribution in [3.8, 4) is 0 Å². The van der Waals surface area contributed by atoms with Crippen LogP contribution < -0.4 is 5.19 Å². The van der Waals surface area contributed by atoms with Crippen molar-refractivity contribution in [2.75, 3.05) is 7.11 Å². The van der Waals surface area contributed by atoms with Crippen LogP contribution in [0.5, 0.6) is 0 Å². The molecule has 76 valence electrons. The van der Waals surface area contributed by atoms with Crippen LogP contribution in [-0.2, 0) is 13.6 Å². The van der Waals surface area contributed by atoms with Crippen molar-refractivity contribution in [1.82, 2.24) is 0 Å². The van der Waals surface area contributed by atoms with E-state index in [1.54, 1.807) is 0 Å². The van der Waals surface area contributed by atoms with E-state index in [4.69, 9.17) is 9.59 Å². The summed E-state index contributed by atoms with van der Waals surface area (Å²) in [6.45, 7) is 0. The van der Waals surface area contributed by atoms with Gasteiger partial charge in [-0.3, -0.25) is 4.58 Å². The molecule has 0 atom stereocenters. The second kappa shape index (κ2) is 5.36. The van der Waals surface area contributed by atoms with Gasteiger partial charge < -0.3 is 14.0 Å². The van der Waals surface area contributed by atoms with Crippen molar-refractivity contribution in [2.45, 2.75) is 0 Å². The highest BCUT2D eigenvalue weighted by atomic mass is 28.4. The Morgan fingerprint density at radius 1 is 1.21 bits per heavy atom. The molecule has 7 heteroatoms. The van der Waals surface area contributed by atoms with Crippen LogP contribution in [0.25, 0.3) is 0 Å². The first-order valence-electron chi connectivity index (χ1n) is 3.80. The van der Waals surface area contributed by atoms with Gasteiger partial charge in [0.25, 0.3) is 0 Å². The van der Waals surface area contributed by atoms with Crippen LogP contribution in [0.4, 0.5) is 0 Å². The summed E-state index contributed by atoms with van der Waals surface area (Å²) < 4.78 is 13.2. The van der Waals surface area contributed by atoms with Gasteiger partial charge in [0.2, 0.25) is 0 Å². The number of hydrogen-bond donors (Lipinski definition) is 2. The number of rotatable bonds is 5. The van der Waals surface area contributed by atoms with E-state index in [1.807, 2.05) is 30.3 Å². The minimum Gasteiger partial charge on any atom is -0.366 e. The predicted octanol–water partition coefficient (Wildman–Crippen LogP) is -1.05. The van der Waals surface area contributed by atoms with E-state index < -0.39 is 9.05 Å². The molecule has 0 spiro atoms. The molecular formula is C7H10O5Si2. The summed E-state index contributed by atoms with van der Waals surface area (Å²) in [7, 11) is -3.01. The van der Waals surface area contributed by atoms with Crippen LogP contribution in [-0.4, -0.2) is 35.5 Å². The van der Waals surface area contributed by atoms with Gasteiger partial charge in [0.15, 0.2) is 0 Å². The topological polar surface area (TPSA) is 68.2 Å². The van der Waals surface area contributed by atoms with Crippen molar-refractivity contribution in [3.05, 3.63) is 30.3 Å². The Labute approximate surface area is 85.2 Å². The Balaban J connectivity index is 2.29. The summed E-state index contributed by atoms with van der Waals surface area (Å²) in [5.41, 5.74) is 0. The molecule has 0 fully saturated rings. The van der Waals surface area contributed by atoms with E-state index in [0.29, 0.717) is 0 Å². The minimum atomic E-state index is -4.05. The SMILES string of the molecule is CO[Si](O)(O)OO[Si]c1ccccc1. The van der Waals surface area contributed by atoms with Gasteiger partial charge in [-0.05, 0) is 5.19 Å². The van der Waals surface area contributed by atoms with E-state index in [-0.39, 0.29) is 9.76 Å². The molecule has 14 heavy (non-hydrogen) atoms. The minimum absolute atomic E-state index is 0.106. The highest BCUT2D eigenvalue weighted by Gasteiger charge is 2.36. The van der Waals surface area contributed by atoms with Crippen LogP contribution in [0.15, 0.2) is 30.3 Å². The fraction of sp³-hybridized carbons (Fsp3) is 0.143. The predicted molar refractivity (Wildman–Crippen MR) is 51.2 cm³/mol. The summed E-state index contributed by atoms with van der Waals surface area (Å²) in [4.78, 5) is 17.9. The third-order valence-electron chi connectivity index (χ3n) is 1.35. The van der Waals surface area contributed by atoms with Crippen LogP contribution in [0.3, 0.4) is 0 Å². The van der Waals surface area contributed by atoms with Gasteiger partial charge in [0, 0.05) is 7.11 Å². The van der Waals surface area contributed by atoms with Crippen molar-refractivity contribution in [1.29, 1.82) is 0 Å². The molecule has 0 heterocycles. The van der Waals surface area contributed by atoms with E-state index >= 15 is 0 Å². The second-order valence-electron chi connectivity index (χ2n) is 2.39. The molecule has 1 rings (SSSR count). The lowest BCUT2D eigenvalue weighted by atomic mass is 10.4. The van der Waals surface area contributed by atoms with Crippen LogP contribution in [0.1, 0.15) is 0 Å². The Morgan fingerprint density at radius 3 is 2.43 bits per heavy atom. The standard InChI is InChI=1S/C7H10O5Si2/c1-10-14(8,9)12-11-13-7-5-3-2-4-6-7/h2-6,8-9H,1H3. The molecule has 5 nitrogen and oxygen atoms in total. The highest BCUT2D eigenvalue weighted by molar-refractivity contribution is 6.51. The fourth-order valence-electron chi connectivity index (χ4n) is 0.663. The van der Waals surface area contributed by atoms with Crippen molar-refractivity contribution < 1.29 is 23.2 Å². The molecule has 0 aromatic heterocycles. The van der Waals surface area contributed by atoms with Gasteiger partial charge >= 0.3 is 18.8 Å². The lowest BCUT2D eigenvalue weighted by Gasteiger charge is -2.12. The molecule has 0 bridgehead atoms. The third kappa shape index (κ3) is 4.11. The van der Waals surface area contributed by atoms with Gasteiger partial charge in [0.05, 0.1) is 0 Å². The van der Waals surface area contributed by atoms with E-state index in [0.717, 1.165) is 12.3 Å². The molecule has 0 aliphatic heterocycles. The van der Waals surface area contributed by atoms with E-state index in [2.05, 4.69) is 13.6 Å². The fourth-order valence-corrected chi connectivity index (χ4v) is 1.76. The normalized spacial score (nSPS) is 11.6. The number of hydrogen-bond acceptors (Lipinski definition) is 5. The molecule has 0 saturated heterocycles. The third-order valence-corrected chi connectivity index (χ3v) is 3.08. The molecule has 2 N–H and O–H groups in total. The first-order valence-corrected chi connectivity index (χ1v) is 6.41. The molecule has 0 saturated carbocycles. The van der Waals surface area contributed by atoms with Crippen LogP contribution in [0.2, 0.25) is 0 Å². The summed E-state index contributed by atoms with van der Waals surface area (Å²) in [6, 6.07) is 9.26. The largest absolute Gasteiger partial charge is 0.701 e. The maximum absolute atomic E-state index is 8.93. The molecule has 0 aliphatic carbocycles. The zero-order valence-electron chi connectivity index (χ0n) is 7.51. The smallest absolute Gasteiger partial charge is 0.366 e. The Bertz CT molecular complexity index is 266. The van der Waals surface area contributed by atoms with Gasteiger partial charge in [0.1, 0.15) is 0 Å². The lowest BCUT2D eigenvalue weighted by molar-refractivity contribution is -0.181. The second-order valence-corrected chi connectivity index (χ2v) is 5.01. The first kappa shape index (κ1) is 11.5. The molecule has 1 aromatic carbocycles.